The Kier molecular flexibility index (Phi) is 6.67. The van der Waals surface area contributed by atoms with Crippen LogP contribution in [0.2, 0.25) is 0 Å². The molecule has 5 nitrogen and oxygen atoms in total. The van der Waals surface area contributed by atoms with Gasteiger partial charge in [-0.05, 0) is 56.2 Å². The van der Waals surface area contributed by atoms with Crippen LogP contribution in [0.5, 0.6) is 0 Å². The summed E-state index contributed by atoms with van der Waals surface area (Å²) in [5.74, 6) is -0.375. The normalized spacial score (nSPS) is 16.6. The SMILES string of the molecule is COCCOC(=O)C1=C(C)N(c2ccc(C)cc2)C(=S)NC1c1ccccc1C. The summed E-state index contributed by atoms with van der Waals surface area (Å²) in [5, 5.41) is 3.91. The lowest BCUT2D eigenvalue weighted by Gasteiger charge is -2.38. The Balaban J connectivity index is 2.08. The Hall–Kier alpha value is -2.70. The van der Waals surface area contributed by atoms with Crippen molar-refractivity contribution in [2.45, 2.75) is 26.8 Å². The third kappa shape index (κ3) is 4.49. The number of anilines is 1. The number of allylic oxidation sites excluding steroid dienone is 1. The summed E-state index contributed by atoms with van der Waals surface area (Å²) in [6.07, 6.45) is 0. The van der Waals surface area contributed by atoms with Gasteiger partial charge in [-0.15, -0.1) is 0 Å². The maximum absolute atomic E-state index is 13.1. The molecule has 0 amide bonds. The Morgan fingerprint density at radius 3 is 2.41 bits per heavy atom. The van der Waals surface area contributed by atoms with Crippen LogP contribution in [0, 0.1) is 13.8 Å². The van der Waals surface area contributed by atoms with E-state index in [4.69, 9.17) is 21.7 Å². The summed E-state index contributed by atoms with van der Waals surface area (Å²) in [6.45, 7) is 6.51. The molecule has 1 atom stereocenters. The molecule has 0 saturated carbocycles. The number of ether oxygens (including phenoxy) is 2. The van der Waals surface area contributed by atoms with Crippen LogP contribution in [0.4, 0.5) is 5.69 Å². The van der Waals surface area contributed by atoms with Crippen LogP contribution in [0.1, 0.15) is 29.7 Å². The first-order valence-electron chi connectivity index (χ1n) is 9.53. The Morgan fingerprint density at radius 1 is 1.07 bits per heavy atom. The second-order valence-corrected chi connectivity index (χ2v) is 7.42. The van der Waals surface area contributed by atoms with E-state index < -0.39 is 0 Å². The Morgan fingerprint density at radius 2 is 1.76 bits per heavy atom. The molecule has 1 aliphatic rings. The van der Waals surface area contributed by atoms with E-state index in [-0.39, 0.29) is 18.6 Å². The summed E-state index contributed by atoms with van der Waals surface area (Å²) in [4.78, 5) is 15.0. The predicted octanol–water partition coefficient (Wildman–Crippen LogP) is 4.20. The zero-order valence-electron chi connectivity index (χ0n) is 17.2. The predicted molar refractivity (Wildman–Crippen MR) is 119 cm³/mol. The van der Waals surface area contributed by atoms with Gasteiger partial charge in [0.05, 0.1) is 18.2 Å². The number of hydrogen-bond donors (Lipinski definition) is 1. The average Bonchev–Trinajstić information content (AvgIpc) is 2.69. The number of hydrogen-bond acceptors (Lipinski definition) is 4. The summed E-state index contributed by atoms with van der Waals surface area (Å²) >= 11 is 5.69. The first-order chi connectivity index (χ1) is 13.9. The quantitative estimate of drug-likeness (QED) is 0.438. The number of thiocarbonyl (C=S) groups is 1. The molecule has 152 valence electrons. The molecule has 0 spiro atoms. The molecule has 1 N–H and O–H groups in total. The van der Waals surface area contributed by atoms with Crippen LogP contribution < -0.4 is 10.2 Å². The largest absolute Gasteiger partial charge is 0.460 e. The molecule has 0 aliphatic carbocycles. The fraction of sp³-hybridized carbons (Fsp3) is 0.304. The maximum atomic E-state index is 13.1. The number of carbonyl (C=O) groups is 1. The van der Waals surface area contributed by atoms with E-state index in [0.717, 1.165) is 28.1 Å². The molecule has 0 bridgehead atoms. The second kappa shape index (κ2) is 9.20. The van der Waals surface area contributed by atoms with Crippen LogP contribution in [0.3, 0.4) is 0 Å². The number of rotatable bonds is 6. The number of carbonyl (C=O) groups excluding carboxylic acids is 1. The summed E-state index contributed by atoms with van der Waals surface area (Å²) in [5.41, 5.74) is 5.43. The first-order valence-corrected chi connectivity index (χ1v) is 9.94. The van der Waals surface area contributed by atoms with Crippen molar-refractivity contribution < 1.29 is 14.3 Å². The zero-order chi connectivity index (χ0) is 21.0. The smallest absolute Gasteiger partial charge is 0.338 e. The number of benzene rings is 2. The van der Waals surface area contributed by atoms with Crippen LogP contribution in [-0.4, -0.2) is 31.4 Å². The van der Waals surface area contributed by atoms with Gasteiger partial charge in [0.2, 0.25) is 0 Å². The molecular formula is C23H26N2O3S. The molecule has 6 heteroatoms. The minimum absolute atomic E-state index is 0.196. The van der Waals surface area contributed by atoms with Gasteiger partial charge in [-0.2, -0.15) is 0 Å². The monoisotopic (exact) mass is 410 g/mol. The van der Waals surface area contributed by atoms with Gasteiger partial charge < -0.3 is 14.8 Å². The first kappa shape index (κ1) is 21.0. The third-order valence-electron chi connectivity index (χ3n) is 5.02. The number of nitrogens with zero attached hydrogens (tertiary/aromatic N) is 1. The highest BCUT2D eigenvalue weighted by Crippen LogP contribution is 2.35. The van der Waals surface area contributed by atoms with Crippen molar-refractivity contribution in [3.8, 4) is 0 Å². The van der Waals surface area contributed by atoms with E-state index in [1.165, 1.54) is 0 Å². The molecule has 1 aliphatic heterocycles. The van der Waals surface area contributed by atoms with Crippen molar-refractivity contribution in [1.29, 1.82) is 0 Å². The summed E-state index contributed by atoms with van der Waals surface area (Å²) in [6, 6.07) is 15.6. The summed E-state index contributed by atoms with van der Waals surface area (Å²) < 4.78 is 10.5. The zero-order valence-corrected chi connectivity index (χ0v) is 18.0. The van der Waals surface area contributed by atoms with E-state index >= 15 is 0 Å². The van der Waals surface area contributed by atoms with E-state index in [0.29, 0.717) is 17.3 Å². The van der Waals surface area contributed by atoms with Gasteiger partial charge in [0.1, 0.15) is 6.61 Å². The van der Waals surface area contributed by atoms with Crippen LogP contribution in [0.25, 0.3) is 0 Å². The highest BCUT2D eigenvalue weighted by molar-refractivity contribution is 7.80. The fourth-order valence-electron chi connectivity index (χ4n) is 3.45. The topological polar surface area (TPSA) is 50.8 Å². The minimum Gasteiger partial charge on any atom is -0.460 e. The van der Waals surface area contributed by atoms with Gasteiger partial charge in [-0.25, -0.2) is 4.79 Å². The molecule has 1 heterocycles. The standard InChI is InChI=1S/C23H26N2O3S/c1-15-9-11-18(12-10-15)25-17(3)20(22(26)28-14-13-27-4)21(24-23(25)29)19-8-6-5-7-16(19)2/h5-12,21H,13-14H2,1-4H3,(H,24,29). The van der Waals surface area contributed by atoms with E-state index in [1.54, 1.807) is 7.11 Å². The molecular weight excluding hydrogens is 384 g/mol. The lowest BCUT2D eigenvalue weighted by molar-refractivity contribution is -0.140. The van der Waals surface area contributed by atoms with Gasteiger partial charge in [-0.3, -0.25) is 4.90 Å². The van der Waals surface area contributed by atoms with E-state index in [2.05, 4.69) is 5.32 Å². The molecule has 1 unspecified atom stereocenters. The van der Waals surface area contributed by atoms with Gasteiger partial charge >= 0.3 is 5.97 Å². The third-order valence-corrected chi connectivity index (χ3v) is 5.32. The van der Waals surface area contributed by atoms with Crippen molar-refractivity contribution >= 4 is 29.0 Å². The van der Waals surface area contributed by atoms with Gasteiger partial charge in [-0.1, -0.05) is 42.0 Å². The van der Waals surface area contributed by atoms with Crippen molar-refractivity contribution in [1.82, 2.24) is 5.32 Å². The lowest BCUT2D eigenvalue weighted by atomic mass is 9.92. The van der Waals surface area contributed by atoms with Crippen LogP contribution >= 0.6 is 12.2 Å². The average molecular weight is 411 g/mol. The van der Waals surface area contributed by atoms with Crippen molar-refractivity contribution in [2.75, 3.05) is 25.2 Å². The molecule has 0 fully saturated rings. The maximum Gasteiger partial charge on any atom is 0.338 e. The minimum atomic E-state index is -0.375. The lowest BCUT2D eigenvalue weighted by Crippen LogP contribution is -2.48. The molecule has 2 aromatic rings. The van der Waals surface area contributed by atoms with Crippen LogP contribution in [0.15, 0.2) is 59.8 Å². The molecule has 0 saturated heterocycles. The van der Waals surface area contributed by atoms with Crippen molar-refractivity contribution in [3.05, 3.63) is 76.5 Å². The van der Waals surface area contributed by atoms with Gasteiger partial charge in [0.25, 0.3) is 0 Å². The number of esters is 1. The highest BCUT2D eigenvalue weighted by Gasteiger charge is 2.36. The molecule has 2 aromatic carbocycles. The second-order valence-electron chi connectivity index (χ2n) is 7.04. The Labute approximate surface area is 177 Å². The summed E-state index contributed by atoms with van der Waals surface area (Å²) in [7, 11) is 1.58. The van der Waals surface area contributed by atoms with Crippen molar-refractivity contribution in [3.63, 3.8) is 0 Å². The van der Waals surface area contributed by atoms with E-state index in [9.17, 15) is 4.79 Å². The van der Waals surface area contributed by atoms with Crippen LogP contribution in [-0.2, 0) is 14.3 Å². The molecule has 29 heavy (non-hydrogen) atoms. The fourth-order valence-corrected chi connectivity index (χ4v) is 3.81. The highest BCUT2D eigenvalue weighted by atomic mass is 32.1. The number of nitrogens with one attached hydrogen (secondary N) is 1. The Bertz CT molecular complexity index is 937. The number of methoxy groups -OCH3 is 1. The molecule has 0 aromatic heterocycles. The number of aryl methyl sites for hydroxylation is 2. The van der Waals surface area contributed by atoms with Gasteiger partial charge in [0, 0.05) is 18.5 Å². The molecule has 3 rings (SSSR count). The molecule has 0 radical (unpaired) electrons. The van der Waals surface area contributed by atoms with Gasteiger partial charge in [0.15, 0.2) is 5.11 Å². The van der Waals surface area contributed by atoms with E-state index in [1.807, 2.05) is 74.2 Å². The van der Waals surface area contributed by atoms with Crippen molar-refractivity contribution in [2.24, 2.45) is 0 Å².